The topological polar surface area (TPSA) is 68.0 Å². The first-order valence-corrected chi connectivity index (χ1v) is 7.21. The number of hydrogen-bond donors (Lipinski definition) is 1. The predicted octanol–water partition coefficient (Wildman–Crippen LogP) is 1.60. The molecule has 6 nitrogen and oxygen atoms in total. The molecule has 2 N–H and O–H groups in total. The summed E-state index contributed by atoms with van der Waals surface area (Å²) in [6.07, 6.45) is 0.651. The zero-order chi connectivity index (χ0) is 15.4. The highest BCUT2D eigenvalue weighted by Gasteiger charge is 2.26. The van der Waals surface area contributed by atoms with Gasteiger partial charge in [0.05, 0.1) is 5.60 Å². The second-order valence-corrected chi connectivity index (χ2v) is 6.94. The standard InChI is InChI=1S/C14H29N3O3/c1-13(2,3)19-12(18)17-10-8-16(9-11-17)7-6-14(4,5)20-15/h6-11,15H2,1-5H3. The zero-order valence-electron chi connectivity index (χ0n) is 13.4. The Bertz CT molecular complexity index is 318. The fraction of sp³-hybridized carbons (Fsp3) is 0.929. The summed E-state index contributed by atoms with van der Waals surface area (Å²) in [6.45, 7) is 13.7. The van der Waals surface area contributed by atoms with Gasteiger partial charge >= 0.3 is 6.09 Å². The van der Waals surface area contributed by atoms with Crippen molar-refractivity contribution in [2.45, 2.75) is 52.2 Å². The molecule has 0 bridgehead atoms. The summed E-state index contributed by atoms with van der Waals surface area (Å²) in [5.74, 6) is 5.25. The third-order valence-corrected chi connectivity index (χ3v) is 3.37. The molecule has 0 atom stereocenters. The molecule has 0 aromatic carbocycles. The van der Waals surface area contributed by atoms with Crippen LogP contribution in [-0.4, -0.2) is 59.8 Å². The molecule has 0 radical (unpaired) electrons. The van der Waals surface area contributed by atoms with Gasteiger partial charge in [0.25, 0.3) is 0 Å². The summed E-state index contributed by atoms with van der Waals surface area (Å²) in [7, 11) is 0. The summed E-state index contributed by atoms with van der Waals surface area (Å²) in [5.41, 5.74) is -0.737. The van der Waals surface area contributed by atoms with Gasteiger partial charge in [-0.3, -0.25) is 9.74 Å². The first kappa shape index (κ1) is 17.2. The molecule has 6 heteroatoms. The van der Waals surface area contributed by atoms with Crippen molar-refractivity contribution in [3.63, 3.8) is 0 Å². The Labute approximate surface area is 122 Å². The van der Waals surface area contributed by atoms with Crippen LogP contribution in [0.25, 0.3) is 0 Å². The molecule has 118 valence electrons. The third kappa shape index (κ3) is 6.07. The van der Waals surface area contributed by atoms with E-state index in [1.165, 1.54) is 0 Å². The predicted molar refractivity (Wildman–Crippen MR) is 78.2 cm³/mol. The van der Waals surface area contributed by atoms with Crippen LogP contribution >= 0.6 is 0 Å². The largest absolute Gasteiger partial charge is 0.444 e. The average Bonchev–Trinajstić information content (AvgIpc) is 2.35. The van der Waals surface area contributed by atoms with E-state index >= 15 is 0 Å². The maximum atomic E-state index is 11.9. The highest BCUT2D eigenvalue weighted by molar-refractivity contribution is 5.68. The van der Waals surface area contributed by atoms with Crippen molar-refractivity contribution < 1.29 is 14.4 Å². The number of carbonyl (C=O) groups is 1. The van der Waals surface area contributed by atoms with Gasteiger partial charge in [-0.1, -0.05) is 0 Å². The summed E-state index contributed by atoms with van der Waals surface area (Å²) < 4.78 is 5.38. The van der Waals surface area contributed by atoms with E-state index in [0.29, 0.717) is 13.1 Å². The Balaban J connectivity index is 2.31. The maximum absolute atomic E-state index is 11.9. The van der Waals surface area contributed by atoms with Crippen molar-refractivity contribution in [1.29, 1.82) is 0 Å². The van der Waals surface area contributed by atoms with E-state index < -0.39 is 5.60 Å². The molecule has 1 aliphatic heterocycles. The minimum absolute atomic E-state index is 0.220. The minimum atomic E-state index is -0.434. The Morgan fingerprint density at radius 1 is 1.10 bits per heavy atom. The zero-order valence-corrected chi connectivity index (χ0v) is 13.4. The molecule has 1 rings (SSSR count). The quantitative estimate of drug-likeness (QED) is 0.795. The SMILES string of the molecule is CC(C)(C)OC(=O)N1CCN(CCC(C)(C)ON)CC1. The molecular weight excluding hydrogens is 258 g/mol. The smallest absolute Gasteiger partial charge is 0.410 e. The van der Waals surface area contributed by atoms with E-state index in [0.717, 1.165) is 26.1 Å². The van der Waals surface area contributed by atoms with Crippen LogP contribution in [0, 0.1) is 0 Å². The van der Waals surface area contributed by atoms with Gasteiger partial charge in [-0.2, -0.15) is 0 Å². The van der Waals surface area contributed by atoms with Crippen molar-refractivity contribution in [2.24, 2.45) is 5.90 Å². The molecule has 1 fully saturated rings. The maximum Gasteiger partial charge on any atom is 0.410 e. The van der Waals surface area contributed by atoms with E-state index in [4.69, 9.17) is 15.5 Å². The van der Waals surface area contributed by atoms with Crippen LogP contribution in [0.1, 0.15) is 41.0 Å². The summed E-state index contributed by atoms with van der Waals surface area (Å²) in [5, 5.41) is 0. The molecule has 20 heavy (non-hydrogen) atoms. The van der Waals surface area contributed by atoms with Crippen LogP contribution in [0.4, 0.5) is 4.79 Å². The first-order valence-electron chi connectivity index (χ1n) is 7.21. The normalized spacial score (nSPS) is 18.2. The molecule has 1 aliphatic rings. The van der Waals surface area contributed by atoms with Crippen molar-refractivity contribution in [3.05, 3.63) is 0 Å². The Morgan fingerprint density at radius 3 is 2.10 bits per heavy atom. The fourth-order valence-electron chi connectivity index (χ4n) is 1.97. The van der Waals surface area contributed by atoms with Gasteiger partial charge in [0.2, 0.25) is 0 Å². The molecular formula is C14H29N3O3. The lowest BCUT2D eigenvalue weighted by atomic mass is 10.1. The number of piperazine rings is 1. The molecule has 0 saturated carbocycles. The lowest BCUT2D eigenvalue weighted by Gasteiger charge is -2.36. The molecule has 0 aromatic rings. The van der Waals surface area contributed by atoms with Crippen molar-refractivity contribution in [3.8, 4) is 0 Å². The van der Waals surface area contributed by atoms with E-state index in [9.17, 15) is 4.79 Å². The lowest BCUT2D eigenvalue weighted by Crippen LogP contribution is -2.50. The number of hydrogen-bond acceptors (Lipinski definition) is 5. The monoisotopic (exact) mass is 287 g/mol. The second kappa shape index (κ2) is 6.74. The molecule has 0 aromatic heterocycles. The molecule has 0 aliphatic carbocycles. The van der Waals surface area contributed by atoms with Gasteiger partial charge in [0.1, 0.15) is 5.60 Å². The number of nitrogens with two attached hydrogens (primary N) is 1. The molecule has 0 unspecified atom stereocenters. The Hall–Kier alpha value is -0.850. The van der Waals surface area contributed by atoms with Gasteiger partial charge in [-0.25, -0.2) is 10.7 Å². The van der Waals surface area contributed by atoms with Crippen LogP contribution in [0.5, 0.6) is 0 Å². The van der Waals surface area contributed by atoms with E-state index in [1.54, 1.807) is 4.90 Å². The number of rotatable bonds is 4. The summed E-state index contributed by atoms with van der Waals surface area (Å²) >= 11 is 0. The van der Waals surface area contributed by atoms with Crippen LogP contribution in [-0.2, 0) is 9.57 Å². The van der Waals surface area contributed by atoms with Crippen LogP contribution in [0.2, 0.25) is 0 Å². The van der Waals surface area contributed by atoms with Gasteiger partial charge in [0, 0.05) is 32.7 Å². The Kier molecular flexibility index (Phi) is 5.79. The second-order valence-electron chi connectivity index (χ2n) is 6.94. The van der Waals surface area contributed by atoms with Gasteiger partial charge < -0.3 is 9.64 Å². The highest BCUT2D eigenvalue weighted by atomic mass is 16.6. The molecule has 0 spiro atoms. The number of ether oxygens (including phenoxy) is 1. The molecule has 1 saturated heterocycles. The van der Waals surface area contributed by atoms with E-state index in [1.807, 2.05) is 34.6 Å². The van der Waals surface area contributed by atoms with Crippen molar-refractivity contribution in [2.75, 3.05) is 32.7 Å². The lowest BCUT2D eigenvalue weighted by molar-refractivity contribution is -0.0342. The molecule has 1 amide bonds. The fourth-order valence-corrected chi connectivity index (χ4v) is 1.97. The first-order chi connectivity index (χ1) is 9.13. The number of amides is 1. The minimum Gasteiger partial charge on any atom is -0.444 e. The third-order valence-electron chi connectivity index (χ3n) is 3.37. The van der Waals surface area contributed by atoms with Crippen molar-refractivity contribution in [1.82, 2.24) is 9.80 Å². The van der Waals surface area contributed by atoms with E-state index in [2.05, 4.69) is 4.90 Å². The number of nitrogens with zero attached hydrogens (tertiary/aromatic N) is 2. The summed E-state index contributed by atoms with van der Waals surface area (Å²) in [6, 6.07) is 0. The average molecular weight is 287 g/mol. The number of carbonyl (C=O) groups excluding carboxylic acids is 1. The van der Waals surface area contributed by atoms with Gasteiger partial charge in [-0.05, 0) is 41.0 Å². The van der Waals surface area contributed by atoms with E-state index in [-0.39, 0.29) is 11.7 Å². The van der Waals surface area contributed by atoms with Crippen molar-refractivity contribution >= 4 is 6.09 Å². The van der Waals surface area contributed by atoms with Crippen LogP contribution in [0.15, 0.2) is 0 Å². The molecule has 1 heterocycles. The van der Waals surface area contributed by atoms with Crippen LogP contribution < -0.4 is 5.90 Å². The van der Waals surface area contributed by atoms with Crippen LogP contribution in [0.3, 0.4) is 0 Å². The summed E-state index contributed by atoms with van der Waals surface area (Å²) in [4.78, 5) is 21.0. The highest BCUT2D eigenvalue weighted by Crippen LogP contribution is 2.15. The van der Waals surface area contributed by atoms with Gasteiger partial charge in [-0.15, -0.1) is 0 Å². The van der Waals surface area contributed by atoms with Gasteiger partial charge in [0.15, 0.2) is 0 Å². The Morgan fingerprint density at radius 2 is 1.65 bits per heavy atom.